The number of fused-ring (bicyclic) bond motifs is 3. The van der Waals surface area contributed by atoms with Crippen molar-refractivity contribution in [2.24, 2.45) is 0 Å². The zero-order chi connectivity index (χ0) is 32.3. The third kappa shape index (κ3) is 6.26. The van der Waals surface area contributed by atoms with Crippen molar-refractivity contribution in [2.45, 2.75) is 87.3 Å². The normalized spacial score (nSPS) is 15.5. The quantitative estimate of drug-likeness (QED) is 0.128. The van der Waals surface area contributed by atoms with Crippen LogP contribution in [0.25, 0.3) is 33.7 Å². The first-order valence-corrected chi connectivity index (χ1v) is 17.0. The molecule has 0 N–H and O–H groups in total. The van der Waals surface area contributed by atoms with E-state index < -0.39 is 0 Å². The molecule has 1 aliphatic heterocycles. The van der Waals surface area contributed by atoms with Gasteiger partial charge in [-0.2, -0.15) is 29.5 Å². The molecule has 0 unspecified atom stereocenters. The van der Waals surface area contributed by atoms with Crippen molar-refractivity contribution in [1.29, 1.82) is 0 Å². The van der Waals surface area contributed by atoms with E-state index in [-0.39, 0.29) is 36.4 Å². The minimum atomic E-state index is 0. The second-order valence-electron chi connectivity index (χ2n) is 14.8. The van der Waals surface area contributed by atoms with E-state index in [1.165, 1.54) is 50.4 Å². The van der Waals surface area contributed by atoms with Crippen molar-refractivity contribution in [3.8, 4) is 22.6 Å². The fourth-order valence-corrected chi connectivity index (χ4v) is 7.67. The average molecular weight is 812 g/mol. The molecule has 1 aliphatic carbocycles. The Hall–Kier alpha value is -3.50. The molecule has 5 heteroatoms. The van der Waals surface area contributed by atoms with Crippen LogP contribution in [-0.2, 0) is 36.4 Å². The number of pyridine rings is 1. The standard InChI is InChI=1S/C31H33N2S.C11H8N.Ir/c1-29(2,3)20-11-13-21(14-12-20)32-19-33-25-17-22-23(31(6,7)16-15-30(22,4)5)18-27(25)34-26-10-8-9-24(32)28(26)33;1-2-6-10(7-3-1)11-8-4-5-9-12-11;/h8-14,18H,15-16H2,1-7H3;1-6,8-9H;/q2*-1;+3. The Bertz CT molecular complexity index is 2000. The number of aromatic nitrogens is 3. The molecule has 0 bridgehead atoms. The summed E-state index contributed by atoms with van der Waals surface area (Å²) in [6.07, 6.45) is 7.90. The predicted octanol–water partition coefficient (Wildman–Crippen LogP) is 10.2. The number of imidazole rings is 1. The number of hydrogen-bond donors (Lipinski definition) is 0. The minimum Gasteiger partial charge on any atom is -0.313 e. The van der Waals surface area contributed by atoms with Crippen molar-refractivity contribution in [1.82, 2.24) is 9.55 Å². The Balaban J connectivity index is 0.000000250. The molecule has 47 heavy (non-hydrogen) atoms. The molecule has 0 radical (unpaired) electrons. The summed E-state index contributed by atoms with van der Waals surface area (Å²) in [7, 11) is 0. The van der Waals surface area contributed by atoms with Crippen molar-refractivity contribution in [3.63, 3.8) is 0 Å². The van der Waals surface area contributed by atoms with Gasteiger partial charge in [0, 0.05) is 11.1 Å². The maximum Gasteiger partial charge on any atom is 3.00 e. The third-order valence-electron chi connectivity index (χ3n) is 9.53. The average Bonchev–Trinajstić information content (AvgIpc) is 3.45. The van der Waals surface area contributed by atoms with Gasteiger partial charge in [0.1, 0.15) is 0 Å². The van der Waals surface area contributed by atoms with Crippen LogP contribution in [0.5, 0.6) is 0 Å². The van der Waals surface area contributed by atoms with E-state index in [0.717, 1.165) is 22.6 Å². The minimum absolute atomic E-state index is 0. The Kier molecular flexibility index (Phi) is 8.89. The number of nitrogens with zero attached hydrogens (tertiary/aromatic N) is 3. The van der Waals surface area contributed by atoms with Crippen LogP contribution in [0.4, 0.5) is 0 Å². The predicted molar refractivity (Wildman–Crippen MR) is 189 cm³/mol. The molecular formula is C42H41IrN3S+. The van der Waals surface area contributed by atoms with E-state index in [0.29, 0.717) is 0 Å². The Labute approximate surface area is 297 Å². The summed E-state index contributed by atoms with van der Waals surface area (Å²) in [5.41, 5.74) is 11.3. The summed E-state index contributed by atoms with van der Waals surface area (Å²) in [5, 5.41) is 0. The number of rotatable bonds is 2. The van der Waals surface area contributed by atoms with Crippen LogP contribution in [-0.4, -0.2) is 9.55 Å². The first-order chi connectivity index (χ1) is 21.9. The smallest absolute Gasteiger partial charge is 0.313 e. The van der Waals surface area contributed by atoms with Gasteiger partial charge in [0.25, 0.3) is 6.33 Å². The molecule has 0 atom stereocenters. The summed E-state index contributed by atoms with van der Waals surface area (Å²) in [6, 6.07) is 38.8. The molecule has 3 heterocycles. The van der Waals surface area contributed by atoms with Crippen molar-refractivity contribution in [3.05, 3.63) is 132 Å². The molecule has 3 nitrogen and oxygen atoms in total. The summed E-state index contributed by atoms with van der Waals surface area (Å²) in [4.78, 5) is 6.79. The van der Waals surface area contributed by atoms with Crippen LogP contribution in [0.15, 0.2) is 107 Å². The van der Waals surface area contributed by atoms with Crippen LogP contribution in [0.2, 0.25) is 0 Å². The van der Waals surface area contributed by atoms with Gasteiger partial charge in [-0.3, -0.25) is 4.57 Å². The third-order valence-corrected chi connectivity index (χ3v) is 10.6. The van der Waals surface area contributed by atoms with Crippen LogP contribution >= 0.6 is 11.8 Å². The maximum atomic E-state index is 4.22. The van der Waals surface area contributed by atoms with Gasteiger partial charge in [0.2, 0.25) is 0 Å². The SMILES string of the molecule is CC(C)(C)c1ccc(-n2[c-][n+]3c4c(cccc42)Sc2cc4c([c-]c2-3)C(C)(C)CCC4(C)C)cc1.[Ir+3].[c-]1ccccc1-c1ccccn1. The number of benzene rings is 4. The van der Waals surface area contributed by atoms with E-state index in [9.17, 15) is 0 Å². The first kappa shape index (κ1) is 33.4. The second kappa shape index (κ2) is 12.5. The van der Waals surface area contributed by atoms with Gasteiger partial charge in [-0.15, -0.1) is 41.5 Å². The molecule has 6 aromatic rings. The summed E-state index contributed by atoms with van der Waals surface area (Å²) < 4.78 is 4.47. The van der Waals surface area contributed by atoms with Crippen LogP contribution < -0.4 is 4.57 Å². The second-order valence-corrected chi connectivity index (χ2v) is 15.9. The molecule has 0 spiro atoms. The van der Waals surface area contributed by atoms with Gasteiger partial charge >= 0.3 is 20.1 Å². The molecule has 2 aromatic heterocycles. The van der Waals surface area contributed by atoms with Crippen molar-refractivity contribution in [2.75, 3.05) is 0 Å². The summed E-state index contributed by atoms with van der Waals surface area (Å²) >= 11 is 1.88. The van der Waals surface area contributed by atoms with E-state index in [1.54, 1.807) is 6.20 Å². The topological polar surface area (TPSA) is 21.7 Å². The molecule has 2 aliphatic rings. The molecule has 0 amide bonds. The molecular weight excluding hydrogens is 771 g/mol. The van der Waals surface area contributed by atoms with E-state index in [2.05, 4.69) is 130 Å². The van der Waals surface area contributed by atoms with E-state index >= 15 is 0 Å². The monoisotopic (exact) mass is 812 g/mol. The Morgan fingerprint density at radius 3 is 2.26 bits per heavy atom. The van der Waals surface area contributed by atoms with E-state index in [1.807, 2.05) is 54.2 Å². The van der Waals surface area contributed by atoms with Gasteiger partial charge in [0.05, 0.1) is 16.7 Å². The number of hydrogen-bond acceptors (Lipinski definition) is 2. The molecule has 0 fully saturated rings. The molecule has 238 valence electrons. The van der Waals surface area contributed by atoms with Crippen molar-refractivity contribution >= 4 is 22.8 Å². The molecule has 0 saturated heterocycles. The Morgan fingerprint density at radius 1 is 0.830 bits per heavy atom. The van der Waals surface area contributed by atoms with E-state index in [4.69, 9.17) is 0 Å². The largest absolute Gasteiger partial charge is 3.00 e. The summed E-state index contributed by atoms with van der Waals surface area (Å²) in [6.45, 7) is 16.3. The van der Waals surface area contributed by atoms with Gasteiger partial charge in [-0.1, -0.05) is 108 Å². The fraction of sp³-hybridized carbons (Fsp3) is 0.286. The van der Waals surface area contributed by atoms with Gasteiger partial charge in [-0.25, -0.2) is 0 Å². The molecule has 8 rings (SSSR count). The number of para-hydroxylation sites is 1. The maximum absolute atomic E-state index is 4.22. The van der Waals surface area contributed by atoms with Crippen LogP contribution in [0, 0.1) is 18.5 Å². The fourth-order valence-electron chi connectivity index (χ4n) is 6.58. The zero-order valence-electron chi connectivity index (χ0n) is 28.2. The van der Waals surface area contributed by atoms with Crippen LogP contribution in [0.3, 0.4) is 0 Å². The van der Waals surface area contributed by atoms with Gasteiger partial charge < -0.3 is 9.55 Å². The first-order valence-electron chi connectivity index (χ1n) is 16.2. The van der Waals surface area contributed by atoms with Gasteiger partial charge in [0.15, 0.2) is 0 Å². The summed E-state index contributed by atoms with van der Waals surface area (Å²) in [5.74, 6) is 0. The molecule has 0 saturated carbocycles. The molecule has 4 aromatic carbocycles. The zero-order valence-corrected chi connectivity index (χ0v) is 31.4. The van der Waals surface area contributed by atoms with Crippen LogP contribution in [0.1, 0.15) is 78.0 Å². The Morgan fingerprint density at radius 2 is 1.57 bits per heavy atom. The van der Waals surface area contributed by atoms with Crippen molar-refractivity contribution < 1.29 is 24.7 Å². The van der Waals surface area contributed by atoms with Gasteiger partial charge in [-0.05, 0) is 52.4 Å².